The smallest absolute Gasteiger partial charge is 0.253 e. The van der Waals surface area contributed by atoms with Crippen molar-refractivity contribution in [1.82, 2.24) is 5.32 Å². The third-order valence-electron chi connectivity index (χ3n) is 1.90. The summed E-state index contributed by atoms with van der Waals surface area (Å²) in [7, 11) is 0. The molecular weight excluding hydrogens is 279 g/mol. The van der Waals surface area contributed by atoms with Crippen LogP contribution in [0.5, 0.6) is 0 Å². The lowest BCUT2D eigenvalue weighted by atomic mass is 10.2. The molecule has 0 aliphatic rings. The van der Waals surface area contributed by atoms with Crippen molar-refractivity contribution in [3.8, 4) is 0 Å². The van der Waals surface area contributed by atoms with E-state index in [0.29, 0.717) is 17.1 Å². The third kappa shape index (κ3) is 3.48. The molecule has 1 amide bonds. The number of hydrogen-bond donors (Lipinski definition) is 2. The van der Waals surface area contributed by atoms with Gasteiger partial charge in [-0.1, -0.05) is 27.5 Å². The Bertz CT molecular complexity index is 370. The maximum absolute atomic E-state index is 11.7. The molecule has 1 aromatic carbocycles. The minimum atomic E-state index is -0.209. The fourth-order valence-electron chi connectivity index (χ4n) is 1.03. The van der Waals surface area contributed by atoms with Crippen LogP contribution in [0.4, 0.5) is 0 Å². The molecule has 15 heavy (non-hydrogen) atoms. The molecule has 3 N–H and O–H groups in total. The van der Waals surface area contributed by atoms with Gasteiger partial charge >= 0.3 is 0 Å². The number of nitrogens with one attached hydrogen (secondary N) is 1. The van der Waals surface area contributed by atoms with Gasteiger partial charge in [0.2, 0.25) is 0 Å². The standard InChI is InChI=1S/C10H12BrClN2O/c1-6(5-13)14-10(15)8-4-7(11)2-3-9(8)12/h2-4,6H,5,13H2,1H3,(H,14,15)/t6-/m0/s1. The highest BCUT2D eigenvalue weighted by Crippen LogP contribution is 2.20. The van der Waals surface area contributed by atoms with Crippen LogP contribution in [0.15, 0.2) is 22.7 Å². The lowest BCUT2D eigenvalue weighted by Crippen LogP contribution is -2.37. The number of carbonyl (C=O) groups excluding carboxylic acids is 1. The Balaban J connectivity index is 2.86. The molecule has 82 valence electrons. The van der Waals surface area contributed by atoms with Gasteiger partial charge in [0.25, 0.3) is 5.91 Å². The van der Waals surface area contributed by atoms with Crippen LogP contribution < -0.4 is 11.1 Å². The van der Waals surface area contributed by atoms with Crippen LogP contribution in [0.2, 0.25) is 5.02 Å². The lowest BCUT2D eigenvalue weighted by Gasteiger charge is -2.12. The topological polar surface area (TPSA) is 55.1 Å². The van der Waals surface area contributed by atoms with Crippen molar-refractivity contribution in [1.29, 1.82) is 0 Å². The molecule has 0 aromatic heterocycles. The van der Waals surface area contributed by atoms with Gasteiger partial charge in [-0.25, -0.2) is 0 Å². The summed E-state index contributed by atoms with van der Waals surface area (Å²) in [5, 5.41) is 3.18. The van der Waals surface area contributed by atoms with Crippen molar-refractivity contribution in [2.24, 2.45) is 5.73 Å². The number of nitrogens with two attached hydrogens (primary N) is 1. The molecule has 1 aromatic rings. The van der Waals surface area contributed by atoms with Gasteiger partial charge in [-0.3, -0.25) is 4.79 Å². The van der Waals surface area contributed by atoms with Crippen molar-refractivity contribution < 1.29 is 4.79 Å². The number of halogens is 2. The quantitative estimate of drug-likeness (QED) is 0.897. The van der Waals surface area contributed by atoms with Crippen LogP contribution in [-0.4, -0.2) is 18.5 Å². The van der Waals surface area contributed by atoms with Crippen LogP contribution in [0, 0.1) is 0 Å². The van der Waals surface area contributed by atoms with Gasteiger partial charge in [-0.05, 0) is 25.1 Å². The molecule has 0 fully saturated rings. The predicted octanol–water partition coefficient (Wildman–Crippen LogP) is 2.18. The third-order valence-corrected chi connectivity index (χ3v) is 2.73. The van der Waals surface area contributed by atoms with E-state index in [1.807, 2.05) is 6.92 Å². The number of rotatable bonds is 3. The molecule has 0 unspecified atom stereocenters. The Kier molecular flexibility index (Phi) is 4.57. The summed E-state index contributed by atoms with van der Waals surface area (Å²) in [5.41, 5.74) is 5.86. The zero-order valence-corrected chi connectivity index (χ0v) is 10.6. The van der Waals surface area contributed by atoms with E-state index in [-0.39, 0.29) is 11.9 Å². The summed E-state index contributed by atoms with van der Waals surface area (Å²) in [6, 6.07) is 5.08. The first-order valence-corrected chi connectivity index (χ1v) is 5.67. The van der Waals surface area contributed by atoms with Gasteiger partial charge in [-0.15, -0.1) is 0 Å². The van der Waals surface area contributed by atoms with Crippen molar-refractivity contribution in [2.75, 3.05) is 6.54 Å². The van der Waals surface area contributed by atoms with Crippen molar-refractivity contribution in [3.05, 3.63) is 33.3 Å². The molecule has 3 nitrogen and oxygen atoms in total. The fraction of sp³-hybridized carbons (Fsp3) is 0.300. The highest BCUT2D eigenvalue weighted by molar-refractivity contribution is 9.10. The van der Waals surface area contributed by atoms with Crippen molar-refractivity contribution >= 4 is 33.4 Å². The molecule has 0 spiro atoms. The first-order chi connectivity index (χ1) is 7.04. The van der Waals surface area contributed by atoms with Gasteiger partial charge in [0.15, 0.2) is 0 Å². The van der Waals surface area contributed by atoms with E-state index in [9.17, 15) is 4.79 Å². The second kappa shape index (κ2) is 5.49. The Morgan fingerprint density at radius 1 is 1.67 bits per heavy atom. The van der Waals surface area contributed by atoms with Crippen molar-refractivity contribution in [2.45, 2.75) is 13.0 Å². The number of benzene rings is 1. The largest absolute Gasteiger partial charge is 0.348 e. The molecule has 1 rings (SSSR count). The Morgan fingerprint density at radius 3 is 2.93 bits per heavy atom. The molecular formula is C10H12BrClN2O. The van der Waals surface area contributed by atoms with E-state index >= 15 is 0 Å². The average Bonchev–Trinajstić information content (AvgIpc) is 2.21. The van der Waals surface area contributed by atoms with Crippen molar-refractivity contribution in [3.63, 3.8) is 0 Å². The van der Waals surface area contributed by atoms with Crippen LogP contribution in [-0.2, 0) is 0 Å². The van der Waals surface area contributed by atoms with Gasteiger partial charge in [0.05, 0.1) is 10.6 Å². The maximum Gasteiger partial charge on any atom is 0.253 e. The normalized spacial score (nSPS) is 12.3. The predicted molar refractivity (Wildman–Crippen MR) is 65.1 cm³/mol. The zero-order chi connectivity index (χ0) is 11.4. The minimum Gasteiger partial charge on any atom is -0.348 e. The van der Waals surface area contributed by atoms with Gasteiger partial charge in [-0.2, -0.15) is 0 Å². The first kappa shape index (κ1) is 12.5. The van der Waals surface area contributed by atoms with E-state index in [4.69, 9.17) is 17.3 Å². The highest BCUT2D eigenvalue weighted by atomic mass is 79.9. The molecule has 0 heterocycles. The van der Waals surface area contributed by atoms with E-state index < -0.39 is 0 Å². The zero-order valence-electron chi connectivity index (χ0n) is 8.26. The lowest BCUT2D eigenvalue weighted by molar-refractivity contribution is 0.0941. The summed E-state index contributed by atoms with van der Waals surface area (Å²) in [4.78, 5) is 11.7. The summed E-state index contributed by atoms with van der Waals surface area (Å²) in [5.74, 6) is -0.209. The average molecular weight is 292 g/mol. The van der Waals surface area contributed by atoms with Crippen LogP contribution in [0.1, 0.15) is 17.3 Å². The van der Waals surface area contributed by atoms with E-state index in [1.165, 1.54) is 0 Å². The van der Waals surface area contributed by atoms with Gasteiger partial charge in [0.1, 0.15) is 0 Å². The Morgan fingerprint density at radius 2 is 2.33 bits per heavy atom. The summed E-state index contributed by atoms with van der Waals surface area (Å²) < 4.78 is 0.817. The van der Waals surface area contributed by atoms with Gasteiger partial charge in [0, 0.05) is 17.1 Å². The minimum absolute atomic E-state index is 0.0625. The first-order valence-electron chi connectivity index (χ1n) is 4.50. The highest BCUT2D eigenvalue weighted by Gasteiger charge is 2.12. The molecule has 0 saturated carbocycles. The van der Waals surface area contributed by atoms with Crippen LogP contribution in [0.3, 0.4) is 0 Å². The number of amides is 1. The molecule has 1 atom stereocenters. The van der Waals surface area contributed by atoms with Crippen LogP contribution in [0.25, 0.3) is 0 Å². The molecule has 0 bridgehead atoms. The summed E-state index contributed by atoms with van der Waals surface area (Å²) in [6.45, 7) is 2.24. The molecule has 0 saturated heterocycles. The second-order valence-electron chi connectivity index (χ2n) is 3.23. The Hall–Kier alpha value is -0.580. The second-order valence-corrected chi connectivity index (χ2v) is 4.56. The number of hydrogen-bond acceptors (Lipinski definition) is 2. The fourth-order valence-corrected chi connectivity index (χ4v) is 1.60. The molecule has 0 aliphatic carbocycles. The summed E-state index contributed by atoms with van der Waals surface area (Å²) in [6.07, 6.45) is 0. The molecule has 0 radical (unpaired) electrons. The van der Waals surface area contributed by atoms with Crippen LogP contribution >= 0.6 is 27.5 Å². The Labute approximate surface area is 102 Å². The molecule has 5 heteroatoms. The summed E-state index contributed by atoms with van der Waals surface area (Å²) >= 11 is 9.19. The maximum atomic E-state index is 11.7. The van der Waals surface area contributed by atoms with E-state index in [1.54, 1.807) is 18.2 Å². The van der Waals surface area contributed by atoms with Gasteiger partial charge < -0.3 is 11.1 Å². The van der Waals surface area contributed by atoms with E-state index in [0.717, 1.165) is 4.47 Å². The molecule has 0 aliphatic heterocycles. The SMILES string of the molecule is C[C@@H](CN)NC(=O)c1cc(Br)ccc1Cl. The van der Waals surface area contributed by atoms with E-state index in [2.05, 4.69) is 21.2 Å². The monoisotopic (exact) mass is 290 g/mol. The number of carbonyl (C=O) groups is 1.